The first-order valence-electron chi connectivity index (χ1n) is 10.4. The van der Waals surface area contributed by atoms with Gasteiger partial charge in [-0.05, 0) is 61.8 Å². The smallest absolute Gasteiger partial charge is 0.0446 e. The van der Waals surface area contributed by atoms with Crippen LogP contribution >= 0.6 is 11.6 Å². The average molecular weight is 360 g/mol. The van der Waals surface area contributed by atoms with Gasteiger partial charge in [0.05, 0.1) is 0 Å². The lowest BCUT2D eigenvalue weighted by Crippen LogP contribution is -2.46. The molecule has 0 radical (unpaired) electrons. The maximum Gasteiger partial charge on any atom is 0.0446 e. The molecule has 1 N–H and O–H groups in total. The third-order valence-electron chi connectivity index (χ3n) is 6.25. The summed E-state index contributed by atoms with van der Waals surface area (Å²) in [5.74, 6) is 0.679. The fourth-order valence-corrected chi connectivity index (χ4v) is 5.21. The molecular formula is C23H34ClN. The molecule has 138 valence electrons. The standard InChI is InChI=1S/C23H34ClN/c1-2-25-23(15-7-4-8-16-23)17-9-10-19-13-14-21(22(24)18-19)20-11-5-3-6-12-20/h9-10,13-14,18,20,25H,2-8,11-12,15-17H2,1H3/b10-9-. The molecule has 1 aromatic carbocycles. The van der Waals surface area contributed by atoms with E-state index in [0.717, 1.165) is 18.0 Å². The molecule has 0 amide bonds. The maximum absolute atomic E-state index is 6.62. The lowest BCUT2D eigenvalue weighted by molar-refractivity contribution is 0.237. The highest BCUT2D eigenvalue weighted by Crippen LogP contribution is 2.37. The number of rotatable bonds is 6. The van der Waals surface area contributed by atoms with Crippen LogP contribution in [0.4, 0.5) is 0 Å². The van der Waals surface area contributed by atoms with Crippen LogP contribution in [0.3, 0.4) is 0 Å². The maximum atomic E-state index is 6.62. The van der Waals surface area contributed by atoms with Gasteiger partial charge in [0.2, 0.25) is 0 Å². The molecule has 2 aliphatic rings. The predicted molar refractivity (Wildman–Crippen MR) is 110 cm³/mol. The Balaban J connectivity index is 1.63. The Hall–Kier alpha value is -0.790. The van der Waals surface area contributed by atoms with Crippen molar-refractivity contribution >= 4 is 17.7 Å². The summed E-state index contributed by atoms with van der Waals surface area (Å²) in [5, 5.41) is 4.74. The molecule has 2 heteroatoms. The predicted octanol–water partition coefficient (Wildman–Crippen LogP) is 7.10. The Morgan fingerprint density at radius 1 is 1.08 bits per heavy atom. The minimum atomic E-state index is 0.329. The van der Waals surface area contributed by atoms with E-state index in [0.29, 0.717) is 11.5 Å². The van der Waals surface area contributed by atoms with E-state index in [9.17, 15) is 0 Å². The first-order valence-corrected chi connectivity index (χ1v) is 10.8. The number of halogens is 1. The Kier molecular flexibility index (Phi) is 7.01. The molecule has 0 aliphatic heterocycles. The van der Waals surface area contributed by atoms with Crippen LogP contribution in [0.2, 0.25) is 5.02 Å². The molecule has 0 aromatic heterocycles. The highest BCUT2D eigenvalue weighted by Gasteiger charge is 2.29. The van der Waals surface area contributed by atoms with Crippen molar-refractivity contribution in [2.45, 2.75) is 89.0 Å². The molecule has 1 aromatic rings. The molecular weight excluding hydrogens is 326 g/mol. The Morgan fingerprint density at radius 2 is 1.80 bits per heavy atom. The van der Waals surface area contributed by atoms with E-state index in [4.69, 9.17) is 11.6 Å². The van der Waals surface area contributed by atoms with Crippen molar-refractivity contribution in [3.8, 4) is 0 Å². The van der Waals surface area contributed by atoms with Crippen molar-refractivity contribution in [2.75, 3.05) is 6.54 Å². The fraction of sp³-hybridized carbons (Fsp3) is 0.652. The van der Waals surface area contributed by atoms with E-state index in [1.54, 1.807) is 0 Å². The molecule has 3 rings (SSSR count). The second-order valence-electron chi connectivity index (χ2n) is 8.09. The molecule has 2 aliphatic carbocycles. The topological polar surface area (TPSA) is 12.0 Å². The van der Waals surface area contributed by atoms with Crippen LogP contribution < -0.4 is 5.32 Å². The summed E-state index contributed by atoms with van der Waals surface area (Å²) in [4.78, 5) is 0. The zero-order chi connectivity index (χ0) is 17.5. The first kappa shape index (κ1) is 19.0. The van der Waals surface area contributed by atoms with Gasteiger partial charge in [0.1, 0.15) is 0 Å². The van der Waals surface area contributed by atoms with Gasteiger partial charge < -0.3 is 5.32 Å². The minimum absolute atomic E-state index is 0.329. The highest BCUT2D eigenvalue weighted by molar-refractivity contribution is 6.31. The number of hydrogen-bond acceptors (Lipinski definition) is 1. The van der Waals surface area contributed by atoms with E-state index in [1.165, 1.54) is 75.3 Å². The third kappa shape index (κ3) is 5.11. The van der Waals surface area contributed by atoms with E-state index in [-0.39, 0.29) is 0 Å². The lowest BCUT2D eigenvalue weighted by atomic mass is 9.79. The van der Waals surface area contributed by atoms with Crippen molar-refractivity contribution in [3.63, 3.8) is 0 Å². The summed E-state index contributed by atoms with van der Waals surface area (Å²) in [6.07, 6.45) is 19.2. The molecule has 25 heavy (non-hydrogen) atoms. The van der Waals surface area contributed by atoms with Gasteiger partial charge in [-0.25, -0.2) is 0 Å². The van der Waals surface area contributed by atoms with Gasteiger partial charge >= 0.3 is 0 Å². The van der Waals surface area contributed by atoms with Crippen LogP contribution in [-0.2, 0) is 0 Å². The second-order valence-corrected chi connectivity index (χ2v) is 8.50. The zero-order valence-electron chi connectivity index (χ0n) is 15.8. The van der Waals surface area contributed by atoms with Gasteiger partial charge in [0.25, 0.3) is 0 Å². The van der Waals surface area contributed by atoms with Gasteiger partial charge in [-0.3, -0.25) is 0 Å². The number of hydrogen-bond donors (Lipinski definition) is 1. The van der Waals surface area contributed by atoms with Crippen LogP contribution in [0.15, 0.2) is 24.3 Å². The molecule has 0 unspecified atom stereocenters. The summed E-state index contributed by atoms with van der Waals surface area (Å²) in [6.45, 7) is 3.29. The summed E-state index contributed by atoms with van der Waals surface area (Å²) in [5.41, 5.74) is 2.94. The molecule has 0 spiro atoms. The summed E-state index contributed by atoms with van der Waals surface area (Å²) in [7, 11) is 0. The average Bonchev–Trinajstić information content (AvgIpc) is 2.64. The Morgan fingerprint density at radius 3 is 2.48 bits per heavy atom. The normalized spacial score (nSPS) is 21.7. The van der Waals surface area contributed by atoms with Crippen LogP contribution in [0.5, 0.6) is 0 Å². The first-order chi connectivity index (χ1) is 12.2. The van der Waals surface area contributed by atoms with Crippen molar-refractivity contribution in [1.29, 1.82) is 0 Å². The van der Waals surface area contributed by atoms with Crippen LogP contribution in [0.25, 0.3) is 6.08 Å². The van der Waals surface area contributed by atoms with Crippen molar-refractivity contribution in [3.05, 3.63) is 40.4 Å². The SMILES string of the molecule is CCNC1(C/C=C\c2ccc(C3CCCCC3)c(Cl)c2)CCCCC1. The fourth-order valence-electron chi connectivity index (χ4n) is 4.87. The summed E-state index contributed by atoms with van der Waals surface area (Å²) in [6, 6.07) is 6.70. The van der Waals surface area contributed by atoms with Gasteiger partial charge in [0, 0.05) is 10.6 Å². The molecule has 2 saturated carbocycles. The van der Waals surface area contributed by atoms with Gasteiger partial charge in [-0.1, -0.05) is 81.3 Å². The van der Waals surface area contributed by atoms with Crippen LogP contribution in [0, 0.1) is 0 Å². The van der Waals surface area contributed by atoms with Crippen LogP contribution in [0.1, 0.15) is 94.6 Å². The van der Waals surface area contributed by atoms with Gasteiger partial charge in [-0.2, -0.15) is 0 Å². The monoisotopic (exact) mass is 359 g/mol. The van der Waals surface area contributed by atoms with Gasteiger partial charge in [0.15, 0.2) is 0 Å². The molecule has 0 saturated heterocycles. The van der Waals surface area contributed by atoms with Crippen molar-refractivity contribution in [2.24, 2.45) is 0 Å². The Labute approximate surface area is 159 Å². The summed E-state index contributed by atoms with van der Waals surface area (Å²) >= 11 is 6.62. The van der Waals surface area contributed by atoms with Crippen LogP contribution in [-0.4, -0.2) is 12.1 Å². The third-order valence-corrected chi connectivity index (χ3v) is 6.58. The van der Waals surface area contributed by atoms with Crippen molar-refractivity contribution in [1.82, 2.24) is 5.32 Å². The Bertz CT molecular complexity index is 560. The quantitative estimate of drug-likeness (QED) is 0.570. The van der Waals surface area contributed by atoms with E-state index in [2.05, 4.69) is 42.6 Å². The molecule has 1 nitrogen and oxygen atoms in total. The number of nitrogens with one attached hydrogen (secondary N) is 1. The van der Waals surface area contributed by atoms with E-state index >= 15 is 0 Å². The largest absolute Gasteiger partial charge is 0.311 e. The minimum Gasteiger partial charge on any atom is -0.311 e. The summed E-state index contributed by atoms with van der Waals surface area (Å²) < 4.78 is 0. The molecule has 0 bridgehead atoms. The zero-order valence-corrected chi connectivity index (χ0v) is 16.6. The lowest BCUT2D eigenvalue weighted by Gasteiger charge is -2.37. The van der Waals surface area contributed by atoms with E-state index < -0.39 is 0 Å². The second kappa shape index (κ2) is 9.24. The molecule has 2 fully saturated rings. The highest BCUT2D eigenvalue weighted by atomic mass is 35.5. The van der Waals surface area contributed by atoms with Gasteiger partial charge in [-0.15, -0.1) is 0 Å². The van der Waals surface area contributed by atoms with Crippen molar-refractivity contribution < 1.29 is 0 Å². The van der Waals surface area contributed by atoms with E-state index in [1.807, 2.05) is 0 Å². The molecule has 0 heterocycles. The molecule has 0 atom stereocenters. The number of benzene rings is 1.